The van der Waals surface area contributed by atoms with Crippen LogP contribution in [0.25, 0.3) is 0 Å². The molecule has 0 radical (unpaired) electrons. The molecule has 282 valence electrons. The van der Waals surface area contributed by atoms with Crippen molar-refractivity contribution in [3.63, 3.8) is 0 Å². The molecule has 0 rings (SSSR count). The molecular weight excluding hydrogens is 632 g/mol. The summed E-state index contributed by atoms with van der Waals surface area (Å²) < 4.78 is 37.9. The largest absolute Gasteiger partial charge is 0.444 e. The fourth-order valence-electron chi connectivity index (χ4n) is 3.68. The number of amides is 4. The topological polar surface area (TPSA) is 233 Å². The molecule has 1 unspecified atom stereocenters. The first-order valence-corrected chi connectivity index (χ1v) is 16.5. The zero-order valence-corrected chi connectivity index (χ0v) is 29.8. The van der Waals surface area contributed by atoms with E-state index in [9.17, 15) is 19.2 Å². The van der Waals surface area contributed by atoms with Gasteiger partial charge < -0.3 is 60.6 Å². The highest BCUT2D eigenvalue weighted by atomic mass is 16.6. The van der Waals surface area contributed by atoms with Gasteiger partial charge in [0.2, 0.25) is 17.7 Å². The molecule has 0 heterocycles. The summed E-state index contributed by atoms with van der Waals surface area (Å²) in [6, 6.07) is -0.978. The Morgan fingerprint density at radius 1 is 0.688 bits per heavy atom. The number of hydrogen-bond donors (Lipinski definition) is 6. The minimum Gasteiger partial charge on any atom is -0.444 e. The van der Waals surface area contributed by atoms with E-state index in [-0.39, 0.29) is 57.8 Å². The van der Waals surface area contributed by atoms with E-state index < -0.39 is 35.3 Å². The van der Waals surface area contributed by atoms with E-state index >= 15 is 0 Å². The molecule has 0 bridgehead atoms. The van der Waals surface area contributed by atoms with Crippen molar-refractivity contribution in [1.82, 2.24) is 21.3 Å². The molecule has 17 nitrogen and oxygen atoms in total. The van der Waals surface area contributed by atoms with Gasteiger partial charge in [0.05, 0.1) is 65.6 Å². The molecule has 0 aliphatic rings. The van der Waals surface area contributed by atoms with Crippen molar-refractivity contribution in [2.24, 2.45) is 11.5 Å². The summed E-state index contributed by atoms with van der Waals surface area (Å²) in [5.74, 6) is -1.27. The van der Waals surface area contributed by atoms with Gasteiger partial charge in [-0.05, 0) is 54.4 Å². The number of hydrogen-bond acceptors (Lipinski definition) is 13. The second-order valence-corrected chi connectivity index (χ2v) is 12.2. The van der Waals surface area contributed by atoms with Crippen LogP contribution in [0.1, 0.15) is 60.8 Å². The highest BCUT2D eigenvalue weighted by Crippen LogP contribution is 2.11. The first kappa shape index (κ1) is 45.4. The first-order valence-electron chi connectivity index (χ1n) is 16.5. The monoisotopic (exact) mass is 694 g/mol. The molecule has 8 N–H and O–H groups in total. The van der Waals surface area contributed by atoms with Crippen LogP contribution >= 0.6 is 0 Å². The standard InChI is InChI=1S/C31H62N6O11/c1-24(9-14-47-31(5,6)37-29(41)48-30(2,3)4)46-23-27(39)36-25(28(40)35-13-18-45-22-20-43-16-11-33)7-8-26(38)34-12-17-44-21-19-42-15-10-32/h24-25H,7-23,32-33H2,1-6H3,(H,34,38)(H,35,40)(H,36,39)(H,37,41)/t24?,25-/m1/s1. The van der Waals surface area contributed by atoms with Crippen molar-refractivity contribution in [2.75, 3.05) is 92.2 Å². The fraction of sp³-hybridized carbons (Fsp3) is 0.871. The molecule has 48 heavy (non-hydrogen) atoms. The molecule has 2 atom stereocenters. The maximum atomic E-state index is 12.9. The van der Waals surface area contributed by atoms with Gasteiger partial charge >= 0.3 is 6.09 Å². The molecule has 0 spiro atoms. The number of rotatable bonds is 29. The third kappa shape index (κ3) is 28.4. The lowest BCUT2D eigenvalue weighted by molar-refractivity contribution is -0.133. The van der Waals surface area contributed by atoms with Crippen LogP contribution in [0.15, 0.2) is 0 Å². The minimum atomic E-state index is -0.984. The van der Waals surface area contributed by atoms with E-state index in [0.29, 0.717) is 65.8 Å². The van der Waals surface area contributed by atoms with Crippen molar-refractivity contribution < 1.29 is 52.3 Å². The van der Waals surface area contributed by atoms with Gasteiger partial charge in [0.25, 0.3) is 0 Å². The molecule has 0 aromatic heterocycles. The van der Waals surface area contributed by atoms with Crippen LogP contribution in [-0.2, 0) is 47.5 Å². The highest BCUT2D eigenvalue weighted by Gasteiger charge is 2.26. The minimum absolute atomic E-state index is 0.00528. The average Bonchev–Trinajstić information content (AvgIpc) is 2.99. The predicted octanol–water partition coefficient (Wildman–Crippen LogP) is -0.460. The van der Waals surface area contributed by atoms with Crippen LogP contribution in [-0.4, -0.2) is 140 Å². The lowest BCUT2D eigenvalue weighted by atomic mass is 10.1. The summed E-state index contributed by atoms with van der Waals surface area (Å²) in [5, 5.41) is 10.8. The van der Waals surface area contributed by atoms with Crippen molar-refractivity contribution in [1.29, 1.82) is 0 Å². The average molecular weight is 695 g/mol. The van der Waals surface area contributed by atoms with Crippen LogP contribution < -0.4 is 32.7 Å². The Morgan fingerprint density at radius 2 is 1.23 bits per heavy atom. The van der Waals surface area contributed by atoms with E-state index in [1.54, 1.807) is 41.5 Å². The molecule has 0 aromatic carbocycles. The van der Waals surface area contributed by atoms with Gasteiger partial charge in [-0.25, -0.2) is 4.79 Å². The maximum absolute atomic E-state index is 12.9. The van der Waals surface area contributed by atoms with Crippen LogP contribution in [0, 0.1) is 0 Å². The van der Waals surface area contributed by atoms with Gasteiger partial charge in [0.15, 0.2) is 0 Å². The number of ether oxygens (including phenoxy) is 7. The lowest BCUT2D eigenvalue weighted by Gasteiger charge is -2.29. The summed E-state index contributed by atoms with van der Waals surface area (Å²) in [4.78, 5) is 50.1. The van der Waals surface area contributed by atoms with Crippen molar-refractivity contribution >= 4 is 23.8 Å². The molecule has 0 fully saturated rings. The molecule has 17 heteroatoms. The smallest absolute Gasteiger partial charge is 0.409 e. The molecular formula is C31H62N6O11. The zero-order chi connectivity index (χ0) is 36.3. The molecule has 0 saturated carbocycles. The van der Waals surface area contributed by atoms with Crippen molar-refractivity contribution in [3.05, 3.63) is 0 Å². The Kier molecular flexibility index (Phi) is 25.7. The van der Waals surface area contributed by atoms with E-state index in [4.69, 9.17) is 44.6 Å². The van der Waals surface area contributed by atoms with Gasteiger partial charge in [-0.2, -0.15) is 0 Å². The zero-order valence-electron chi connectivity index (χ0n) is 29.8. The second kappa shape index (κ2) is 27.2. The Labute approximate surface area is 285 Å². The number of nitrogens with one attached hydrogen (secondary N) is 4. The quantitative estimate of drug-likeness (QED) is 0.0430. The number of carbonyl (C=O) groups excluding carboxylic acids is 4. The Balaban J connectivity index is 4.71. The number of carbonyl (C=O) groups is 4. The van der Waals surface area contributed by atoms with Gasteiger partial charge in [0.1, 0.15) is 24.0 Å². The van der Waals surface area contributed by atoms with Gasteiger partial charge in [-0.1, -0.05) is 0 Å². The Morgan fingerprint density at radius 3 is 1.77 bits per heavy atom. The maximum Gasteiger partial charge on any atom is 0.409 e. The molecule has 4 amide bonds. The third-order valence-corrected chi connectivity index (χ3v) is 5.98. The summed E-state index contributed by atoms with van der Waals surface area (Å²) in [6.07, 6.45) is -0.479. The number of alkyl carbamates (subject to hydrolysis) is 1. The van der Waals surface area contributed by atoms with E-state index in [1.165, 1.54) is 0 Å². The second-order valence-electron chi connectivity index (χ2n) is 12.2. The SMILES string of the molecule is CC(CCOC(C)(C)NC(=O)OC(C)(C)C)OCC(=O)N[C@H](CCC(=O)NCCOCCOCCN)C(=O)NCCOCCOCCN. The molecule has 0 saturated heterocycles. The van der Waals surface area contributed by atoms with Crippen LogP contribution in [0.3, 0.4) is 0 Å². The molecule has 0 aromatic rings. The van der Waals surface area contributed by atoms with E-state index in [0.717, 1.165) is 0 Å². The Hall–Kier alpha value is -2.64. The third-order valence-electron chi connectivity index (χ3n) is 5.98. The normalized spacial score (nSPS) is 13.0. The summed E-state index contributed by atoms with van der Waals surface area (Å²) in [7, 11) is 0. The van der Waals surface area contributed by atoms with Crippen LogP contribution in [0.5, 0.6) is 0 Å². The van der Waals surface area contributed by atoms with Gasteiger partial charge in [-0.15, -0.1) is 0 Å². The van der Waals surface area contributed by atoms with E-state index in [1.807, 2.05) is 0 Å². The highest BCUT2D eigenvalue weighted by molar-refractivity contribution is 5.88. The summed E-state index contributed by atoms with van der Waals surface area (Å²) in [6.45, 7) is 14.7. The number of nitrogens with two attached hydrogens (primary N) is 2. The van der Waals surface area contributed by atoms with Gasteiger partial charge in [0, 0.05) is 32.6 Å². The molecule has 0 aliphatic heterocycles. The van der Waals surface area contributed by atoms with Crippen molar-refractivity contribution in [2.45, 2.75) is 84.3 Å². The first-order chi connectivity index (χ1) is 22.7. The van der Waals surface area contributed by atoms with Crippen LogP contribution in [0.2, 0.25) is 0 Å². The molecule has 0 aliphatic carbocycles. The summed E-state index contributed by atoms with van der Waals surface area (Å²) in [5.41, 5.74) is 9.10. The summed E-state index contributed by atoms with van der Waals surface area (Å²) >= 11 is 0. The lowest BCUT2D eigenvalue weighted by Crippen LogP contribution is -2.49. The predicted molar refractivity (Wildman–Crippen MR) is 178 cm³/mol. The Bertz CT molecular complexity index is 890. The van der Waals surface area contributed by atoms with Gasteiger partial charge in [-0.3, -0.25) is 19.7 Å². The van der Waals surface area contributed by atoms with Crippen molar-refractivity contribution in [3.8, 4) is 0 Å². The van der Waals surface area contributed by atoms with E-state index in [2.05, 4.69) is 21.3 Å². The van der Waals surface area contributed by atoms with Crippen LogP contribution in [0.4, 0.5) is 4.79 Å². The fourth-order valence-corrected chi connectivity index (χ4v) is 3.68.